The van der Waals surface area contributed by atoms with Crippen LogP contribution in [0.5, 0.6) is 0 Å². The maximum Gasteiger partial charge on any atom is 0.325 e. The maximum absolute atomic E-state index is 11.6. The van der Waals surface area contributed by atoms with Crippen LogP contribution >= 0.6 is 0 Å². The van der Waals surface area contributed by atoms with Gasteiger partial charge in [0.05, 0.1) is 0 Å². The number of carbonyl (C=O) groups is 2. The quantitative estimate of drug-likeness (QED) is 0.749. The van der Waals surface area contributed by atoms with E-state index < -0.39 is 18.0 Å². The number of hydrogen-bond donors (Lipinski definition) is 3. The topological polar surface area (TPSA) is 78.4 Å². The molecule has 1 atom stereocenters. The molecule has 0 radical (unpaired) electrons. The van der Waals surface area contributed by atoms with Crippen LogP contribution in [0.25, 0.3) is 0 Å². The first kappa shape index (κ1) is 14.0. The smallest absolute Gasteiger partial charge is 0.325 e. The van der Waals surface area contributed by atoms with Crippen LogP contribution in [-0.4, -0.2) is 23.1 Å². The fraction of sp³-hybridized carbons (Fsp3) is 0.385. The molecular weight excluding hydrogens is 232 g/mol. The molecule has 1 unspecified atom stereocenters. The van der Waals surface area contributed by atoms with Crippen molar-refractivity contribution in [2.45, 2.75) is 32.7 Å². The summed E-state index contributed by atoms with van der Waals surface area (Å²) in [6, 6.07) is 6.07. The van der Waals surface area contributed by atoms with Crippen molar-refractivity contribution in [1.29, 1.82) is 0 Å². The lowest BCUT2D eigenvalue weighted by atomic mass is 10.1. The number of carbonyl (C=O) groups excluding carboxylic acids is 1. The number of benzene rings is 1. The van der Waals surface area contributed by atoms with Gasteiger partial charge in [0.15, 0.2) is 0 Å². The standard InChI is InChI=1S/C13H18N2O3/c1-3-6-10-7-4-5-8-11(10)15-13(18)14-9(2)12(16)17/h4-5,7-9H,3,6H2,1-2H3,(H,16,17)(H2,14,15,18). The predicted molar refractivity (Wildman–Crippen MR) is 69.7 cm³/mol. The zero-order valence-corrected chi connectivity index (χ0v) is 10.6. The van der Waals surface area contributed by atoms with Crippen molar-refractivity contribution in [2.24, 2.45) is 0 Å². The van der Waals surface area contributed by atoms with Gasteiger partial charge in [-0.25, -0.2) is 4.79 Å². The lowest BCUT2D eigenvalue weighted by molar-refractivity contribution is -0.138. The molecule has 18 heavy (non-hydrogen) atoms. The van der Waals surface area contributed by atoms with Crippen molar-refractivity contribution in [1.82, 2.24) is 5.32 Å². The first-order chi connectivity index (χ1) is 8.54. The molecule has 0 saturated carbocycles. The van der Waals surface area contributed by atoms with Crippen molar-refractivity contribution < 1.29 is 14.7 Å². The van der Waals surface area contributed by atoms with Crippen molar-refractivity contribution in [3.63, 3.8) is 0 Å². The van der Waals surface area contributed by atoms with Gasteiger partial charge in [-0.05, 0) is 25.0 Å². The zero-order valence-electron chi connectivity index (χ0n) is 10.6. The maximum atomic E-state index is 11.6. The predicted octanol–water partition coefficient (Wildman–Crippen LogP) is 2.23. The molecule has 0 saturated heterocycles. The highest BCUT2D eigenvalue weighted by molar-refractivity contribution is 5.92. The molecule has 0 aliphatic carbocycles. The van der Waals surface area contributed by atoms with Crippen molar-refractivity contribution in [3.05, 3.63) is 29.8 Å². The van der Waals surface area contributed by atoms with Crippen molar-refractivity contribution in [3.8, 4) is 0 Å². The Kier molecular flexibility index (Phi) is 5.17. The zero-order chi connectivity index (χ0) is 13.5. The number of hydrogen-bond acceptors (Lipinski definition) is 2. The molecule has 0 bridgehead atoms. The number of carboxylic acids is 1. The van der Waals surface area contributed by atoms with E-state index in [4.69, 9.17) is 5.11 Å². The Bertz CT molecular complexity index is 432. The Morgan fingerprint density at radius 1 is 1.33 bits per heavy atom. The van der Waals surface area contributed by atoms with Gasteiger partial charge >= 0.3 is 12.0 Å². The van der Waals surface area contributed by atoms with Crippen LogP contribution in [0.4, 0.5) is 10.5 Å². The van der Waals surface area contributed by atoms with E-state index >= 15 is 0 Å². The van der Waals surface area contributed by atoms with E-state index in [-0.39, 0.29) is 0 Å². The van der Waals surface area contributed by atoms with E-state index in [0.29, 0.717) is 0 Å². The third-order valence-electron chi connectivity index (χ3n) is 2.50. The van der Waals surface area contributed by atoms with E-state index in [2.05, 4.69) is 17.6 Å². The summed E-state index contributed by atoms with van der Waals surface area (Å²) >= 11 is 0. The van der Waals surface area contributed by atoms with E-state index in [1.807, 2.05) is 18.2 Å². The van der Waals surface area contributed by atoms with Gasteiger partial charge < -0.3 is 15.7 Å². The second-order valence-corrected chi connectivity index (χ2v) is 4.07. The normalized spacial score (nSPS) is 11.7. The summed E-state index contributed by atoms with van der Waals surface area (Å²) in [5.41, 5.74) is 1.76. The van der Waals surface area contributed by atoms with Crippen LogP contribution in [0.1, 0.15) is 25.8 Å². The Hall–Kier alpha value is -2.04. The van der Waals surface area contributed by atoms with E-state index in [0.717, 1.165) is 24.1 Å². The third-order valence-corrected chi connectivity index (χ3v) is 2.50. The van der Waals surface area contributed by atoms with Crippen LogP contribution < -0.4 is 10.6 Å². The van der Waals surface area contributed by atoms with Crippen LogP contribution in [0.2, 0.25) is 0 Å². The number of urea groups is 1. The lowest BCUT2D eigenvalue weighted by Crippen LogP contribution is -2.41. The fourth-order valence-corrected chi connectivity index (χ4v) is 1.55. The summed E-state index contributed by atoms with van der Waals surface area (Å²) in [4.78, 5) is 22.2. The van der Waals surface area contributed by atoms with E-state index in [1.165, 1.54) is 6.92 Å². The van der Waals surface area contributed by atoms with Gasteiger partial charge in [-0.15, -0.1) is 0 Å². The molecule has 98 valence electrons. The molecule has 1 aromatic carbocycles. The van der Waals surface area contributed by atoms with Crippen molar-refractivity contribution in [2.75, 3.05) is 5.32 Å². The van der Waals surface area contributed by atoms with Crippen molar-refractivity contribution >= 4 is 17.7 Å². The number of rotatable bonds is 5. The summed E-state index contributed by atoms with van der Waals surface area (Å²) in [7, 11) is 0. The number of aliphatic carboxylic acids is 1. The number of para-hydroxylation sites is 1. The van der Waals surface area contributed by atoms with Gasteiger partial charge in [0.1, 0.15) is 6.04 Å². The first-order valence-corrected chi connectivity index (χ1v) is 5.92. The molecule has 1 aromatic rings. The van der Waals surface area contributed by atoms with Gasteiger partial charge in [0.25, 0.3) is 0 Å². The van der Waals surface area contributed by atoms with Gasteiger partial charge in [0, 0.05) is 5.69 Å². The highest BCUT2D eigenvalue weighted by atomic mass is 16.4. The van der Waals surface area contributed by atoms with Gasteiger partial charge in [-0.2, -0.15) is 0 Å². The molecule has 5 nitrogen and oxygen atoms in total. The monoisotopic (exact) mass is 250 g/mol. The minimum Gasteiger partial charge on any atom is -0.480 e. The molecular formula is C13H18N2O3. The van der Waals surface area contributed by atoms with Crippen LogP contribution in [0, 0.1) is 0 Å². The Morgan fingerprint density at radius 3 is 2.61 bits per heavy atom. The molecule has 0 heterocycles. The highest BCUT2D eigenvalue weighted by Crippen LogP contribution is 2.16. The fourth-order valence-electron chi connectivity index (χ4n) is 1.55. The van der Waals surface area contributed by atoms with Crippen LogP contribution in [0.15, 0.2) is 24.3 Å². The minimum absolute atomic E-state index is 0.506. The van der Waals surface area contributed by atoms with E-state index in [9.17, 15) is 9.59 Å². The number of carboxylic acid groups (broad SMARTS) is 1. The Morgan fingerprint density at radius 2 is 2.00 bits per heavy atom. The lowest BCUT2D eigenvalue weighted by Gasteiger charge is -2.13. The largest absolute Gasteiger partial charge is 0.480 e. The van der Waals surface area contributed by atoms with Crippen LogP contribution in [-0.2, 0) is 11.2 Å². The number of aryl methyl sites for hydroxylation is 1. The minimum atomic E-state index is -1.06. The summed E-state index contributed by atoms with van der Waals surface area (Å²) in [5.74, 6) is -1.06. The summed E-state index contributed by atoms with van der Waals surface area (Å²) in [6.07, 6.45) is 1.84. The van der Waals surface area contributed by atoms with Gasteiger partial charge in [-0.3, -0.25) is 4.79 Å². The van der Waals surface area contributed by atoms with Crippen LogP contribution in [0.3, 0.4) is 0 Å². The van der Waals surface area contributed by atoms with Gasteiger partial charge in [0.2, 0.25) is 0 Å². The average Bonchev–Trinajstić information content (AvgIpc) is 2.31. The second-order valence-electron chi connectivity index (χ2n) is 4.07. The molecule has 0 aliphatic rings. The molecule has 0 aliphatic heterocycles. The molecule has 0 fully saturated rings. The molecule has 1 rings (SSSR count). The highest BCUT2D eigenvalue weighted by Gasteiger charge is 2.14. The second kappa shape index (κ2) is 6.64. The summed E-state index contributed by atoms with van der Waals surface area (Å²) < 4.78 is 0. The molecule has 3 N–H and O–H groups in total. The Labute approximate surface area is 106 Å². The number of amides is 2. The molecule has 5 heteroatoms. The van der Waals surface area contributed by atoms with E-state index in [1.54, 1.807) is 6.07 Å². The molecule has 2 amide bonds. The number of anilines is 1. The molecule has 0 spiro atoms. The summed E-state index contributed by atoms with van der Waals surface area (Å²) in [5, 5.41) is 13.7. The van der Waals surface area contributed by atoms with Gasteiger partial charge in [-0.1, -0.05) is 31.5 Å². The average molecular weight is 250 g/mol. The first-order valence-electron chi connectivity index (χ1n) is 5.92. The summed E-state index contributed by atoms with van der Waals surface area (Å²) in [6.45, 7) is 3.48. The number of nitrogens with one attached hydrogen (secondary N) is 2. The Balaban J connectivity index is 2.66. The molecule has 0 aromatic heterocycles. The SMILES string of the molecule is CCCc1ccccc1NC(=O)NC(C)C(=O)O. The third kappa shape index (κ3) is 4.08.